The van der Waals surface area contributed by atoms with Gasteiger partial charge in [0.1, 0.15) is 12.2 Å². The largest absolute Gasteiger partial charge is 0.439 e. The van der Waals surface area contributed by atoms with Gasteiger partial charge in [0.2, 0.25) is 0 Å². The molecule has 27 heavy (non-hydrogen) atoms. The van der Waals surface area contributed by atoms with Gasteiger partial charge in [-0.15, -0.1) is 0 Å². The Bertz CT molecular complexity index is 759. The average molecular weight is 363 g/mol. The summed E-state index contributed by atoms with van der Waals surface area (Å²) in [5.41, 5.74) is 6.73. The quantitative estimate of drug-likeness (QED) is 0.488. The second-order valence-corrected chi connectivity index (χ2v) is 8.28. The van der Waals surface area contributed by atoms with Gasteiger partial charge < -0.3 is 4.74 Å². The lowest BCUT2D eigenvalue weighted by Gasteiger charge is -2.25. The predicted octanol–water partition coefficient (Wildman–Crippen LogP) is 7.34. The van der Waals surface area contributed by atoms with E-state index in [2.05, 4.69) is 84.8 Å². The van der Waals surface area contributed by atoms with Crippen LogP contribution in [0.4, 0.5) is 0 Å². The van der Waals surface area contributed by atoms with E-state index >= 15 is 0 Å². The third-order valence-electron chi connectivity index (χ3n) is 5.03. The average Bonchev–Trinajstić information content (AvgIpc) is 2.64. The molecule has 144 valence electrons. The Hall–Kier alpha value is -2.20. The molecule has 0 aromatic heterocycles. The van der Waals surface area contributed by atoms with Crippen LogP contribution in [0.25, 0.3) is 0 Å². The van der Waals surface area contributed by atoms with Crippen LogP contribution < -0.4 is 0 Å². The van der Waals surface area contributed by atoms with Gasteiger partial charge >= 0.3 is 0 Å². The first kappa shape index (κ1) is 21.1. The van der Waals surface area contributed by atoms with E-state index in [0.29, 0.717) is 24.2 Å². The number of hydrogen-bond donors (Lipinski definition) is 0. The fraction of sp³-hybridized carbons (Fsp3) is 0.462. The summed E-state index contributed by atoms with van der Waals surface area (Å²) in [7, 11) is 0. The van der Waals surface area contributed by atoms with Crippen molar-refractivity contribution < 1.29 is 4.74 Å². The highest BCUT2D eigenvalue weighted by Gasteiger charge is 2.21. The summed E-state index contributed by atoms with van der Waals surface area (Å²) in [6.07, 6.45) is 3.63. The van der Waals surface area contributed by atoms with Crippen molar-refractivity contribution in [2.24, 2.45) is 0 Å². The van der Waals surface area contributed by atoms with E-state index in [0.717, 1.165) is 0 Å². The number of benzene rings is 2. The van der Waals surface area contributed by atoms with Crippen molar-refractivity contribution in [1.82, 2.24) is 0 Å². The smallest absolute Gasteiger partial charge is 0.133 e. The second-order valence-electron chi connectivity index (χ2n) is 8.28. The molecular formula is C26H34O. The lowest BCUT2D eigenvalue weighted by Crippen LogP contribution is -2.10. The van der Waals surface area contributed by atoms with Crippen LogP contribution in [0.1, 0.15) is 100 Å². The Morgan fingerprint density at radius 2 is 1.33 bits per heavy atom. The monoisotopic (exact) mass is 362 g/mol. The molecule has 0 spiro atoms. The van der Waals surface area contributed by atoms with Crippen LogP contribution in [0, 0.1) is 12.0 Å². The molecular weight excluding hydrogens is 328 g/mol. The molecule has 0 aliphatic rings. The summed E-state index contributed by atoms with van der Waals surface area (Å²) in [6, 6.07) is 15.0. The Kier molecular flexibility index (Phi) is 7.55. The van der Waals surface area contributed by atoms with Gasteiger partial charge in [0.05, 0.1) is 0 Å². The van der Waals surface area contributed by atoms with Crippen LogP contribution in [-0.4, -0.2) is 0 Å². The summed E-state index contributed by atoms with van der Waals surface area (Å²) in [5.74, 6) is 4.60. The molecule has 1 atom stereocenters. The number of ether oxygens (including phenoxy) is 1. The van der Waals surface area contributed by atoms with Gasteiger partial charge in [0, 0.05) is 12.0 Å². The maximum Gasteiger partial charge on any atom is 0.133 e. The van der Waals surface area contributed by atoms with Gasteiger partial charge in [0.15, 0.2) is 0 Å². The minimum absolute atomic E-state index is 0.0377. The lowest BCUT2D eigenvalue weighted by molar-refractivity contribution is 0.185. The van der Waals surface area contributed by atoms with Crippen molar-refractivity contribution in [1.29, 1.82) is 0 Å². The summed E-state index contributed by atoms with van der Waals surface area (Å²) in [4.78, 5) is 0. The van der Waals surface area contributed by atoms with Crippen LogP contribution in [0.15, 0.2) is 42.5 Å². The van der Waals surface area contributed by atoms with E-state index < -0.39 is 0 Å². The lowest BCUT2D eigenvalue weighted by atomic mass is 9.82. The molecule has 0 unspecified atom stereocenters. The van der Waals surface area contributed by atoms with Crippen molar-refractivity contribution >= 4 is 0 Å². The Morgan fingerprint density at radius 1 is 0.778 bits per heavy atom. The van der Waals surface area contributed by atoms with Crippen molar-refractivity contribution in [3.05, 3.63) is 70.3 Å². The maximum absolute atomic E-state index is 5.97. The molecule has 0 aliphatic carbocycles. The van der Waals surface area contributed by atoms with Crippen molar-refractivity contribution in [3.8, 4) is 12.0 Å². The standard InChI is InChI=1S/C26H34O/c1-18(2)23-16-24(19(3)4)26(25(17-23)20(5)6)21(7)27-15-11-14-22-12-9-8-10-13-22/h8-10,12-13,16-21H,14H2,1-7H3/t21-/m1/s1. The van der Waals surface area contributed by atoms with Crippen LogP contribution >= 0.6 is 0 Å². The SMILES string of the molecule is CC(C)c1cc(C(C)C)c([C@@H](C)OC#CCc2ccccc2)c(C(C)C)c1. The minimum atomic E-state index is -0.0377. The summed E-state index contributed by atoms with van der Waals surface area (Å²) in [6.45, 7) is 15.7. The van der Waals surface area contributed by atoms with Crippen LogP contribution in [0.5, 0.6) is 0 Å². The highest BCUT2D eigenvalue weighted by atomic mass is 16.5. The van der Waals surface area contributed by atoms with E-state index in [4.69, 9.17) is 4.74 Å². The van der Waals surface area contributed by atoms with Crippen molar-refractivity contribution in [2.75, 3.05) is 0 Å². The Morgan fingerprint density at radius 3 is 1.81 bits per heavy atom. The van der Waals surface area contributed by atoms with E-state index in [1.165, 1.54) is 27.8 Å². The van der Waals surface area contributed by atoms with Crippen LogP contribution in [0.3, 0.4) is 0 Å². The van der Waals surface area contributed by atoms with E-state index in [-0.39, 0.29) is 6.10 Å². The number of rotatable bonds is 6. The molecule has 0 bridgehead atoms. The van der Waals surface area contributed by atoms with Gasteiger partial charge in [-0.1, -0.05) is 89.9 Å². The van der Waals surface area contributed by atoms with Crippen molar-refractivity contribution in [3.63, 3.8) is 0 Å². The minimum Gasteiger partial charge on any atom is -0.439 e. The van der Waals surface area contributed by atoms with Gasteiger partial charge in [-0.3, -0.25) is 0 Å². The number of hydrogen-bond acceptors (Lipinski definition) is 1. The zero-order chi connectivity index (χ0) is 20.0. The molecule has 0 saturated carbocycles. The molecule has 2 rings (SSSR count). The molecule has 2 aromatic carbocycles. The predicted molar refractivity (Wildman–Crippen MR) is 116 cm³/mol. The first-order chi connectivity index (χ1) is 12.8. The molecule has 2 aromatic rings. The Balaban J connectivity index is 2.29. The summed E-state index contributed by atoms with van der Waals surface area (Å²) in [5, 5.41) is 0. The van der Waals surface area contributed by atoms with Crippen LogP contribution in [-0.2, 0) is 11.2 Å². The van der Waals surface area contributed by atoms with Gasteiger partial charge in [-0.2, -0.15) is 0 Å². The molecule has 0 amide bonds. The molecule has 1 heteroatoms. The Labute approximate surface area is 166 Å². The van der Waals surface area contributed by atoms with E-state index in [1.54, 1.807) is 0 Å². The van der Waals surface area contributed by atoms with Crippen molar-refractivity contribution in [2.45, 2.75) is 78.7 Å². The van der Waals surface area contributed by atoms with Crippen LogP contribution in [0.2, 0.25) is 0 Å². The second kappa shape index (κ2) is 9.65. The first-order valence-corrected chi connectivity index (χ1v) is 10.2. The molecule has 0 N–H and O–H groups in total. The van der Waals surface area contributed by atoms with E-state index in [1.807, 2.05) is 18.2 Å². The summed E-state index contributed by atoms with van der Waals surface area (Å²) >= 11 is 0. The first-order valence-electron chi connectivity index (χ1n) is 10.2. The molecule has 0 heterocycles. The summed E-state index contributed by atoms with van der Waals surface area (Å²) < 4.78 is 5.97. The molecule has 1 nitrogen and oxygen atoms in total. The molecule has 0 aliphatic heterocycles. The van der Waals surface area contributed by atoms with Gasteiger partial charge in [0.25, 0.3) is 0 Å². The topological polar surface area (TPSA) is 9.23 Å². The third-order valence-corrected chi connectivity index (χ3v) is 5.03. The van der Waals surface area contributed by atoms with Gasteiger partial charge in [-0.25, -0.2) is 0 Å². The highest BCUT2D eigenvalue weighted by molar-refractivity contribution is 5.45. The maximum atomic E-state index is 5.97. The normalized spacial score (nSPS) is 12.2. The zero-order valence-corrected chi connectivity index (χ0v) is 18.0. The highest BCUT2D eigenvalue weighted by Crippen LogP contribution is 2.36. The van der Waals surface area contributed by atoms with E-state index in [9.17, 15) is 0 Å². The molecule has 0 saturated heterocycles. The molecule has 0 fully saturated rings. The van der Waals surface area contributed by atoms with Gasteiger partial charge in [-0.05, 0) is 46.9 Å². The fourth-order valence-electron chi connectivity index (χ4n) is 3.40. The molecule has 0 radical (unpaired) electrons. The third kappa shape index (κ3) is 5.64. The fourth-order valence-corrected chi connectivity index (χ4v) is 3.40. The zero-order valence-electron chi connectivity index (χ0n) is 18.0.